The molecule has 3 aromatic rings. The number of rotatable bonds is 5. The first-order chi connectivity index (χ1) is 17.2. The Morgan fingerprint density at radius 2 is 1.89 bits per heavy atom. The van der Waals surface area contributed by atoms with Crippen LogP contribution in [0.5, 0.6) is 11.5 Å². The summed E-state index contributed by atoms with van der Waals surface area (Å²) in [6.45, 7) is 6.06. The highest BCUT2D eigenvalue weighted by atomic mass is 32.1. The average molecular weight is 504 g/mol. The number of methoxy groups -OCH3 is 2. The van der Waals surface area contributed by atoms with Gasteiger partial charge in [-0.25, -0.2) is 4.98 Å². The van der Waals surface area contributed by atoms with Gasteiger partial charge in [0.25, 0.3) is 5.91 Å². The molecule has 0 unspecified atom stereocenters. The summed E-state index contributed by atoms with van der Waals surface area (Å²) in [6, 6.07) is 13.3. The monoisotopic (exact) mass is 503 g/mol. The summed E-state index contributed by atoms with van der Waals surface area (Å²) >= 11 is 1.41. The molecule has 7 nitrogen and oxygen atoms in total. The van der Waals surface area contributed by atoms with Crippen molar-refractivity contribution in [2.45, 2.75) is 39.5 Å². The summed E-state index contributed by atoms with van der Waals surface area (Å²) in [5.41, 5.74) is 4.01. The van der Waals surface area contributed by atoms with Gasteiger partial charge in [-0.15, -0.1) is 0 Å². The molecule has 0 radical (unpaired) electrons. The summed E-state index contributed by atoms with van der Waals surface area (Å²) in [4.78, 5) is 32.0. The zero-order chi connectivity index (χ0) is 25.6. The van der Waals surface area contributed by atoms with Crippen molar-refractivity contribution in [3.8, 4) is 11.5 Å². The number of anilines is 1. The summed E-state index contributed by atoms with van der Waals surface area (Å²) in [6.07, 6.45) is 1.11. The van der Waals surface area contributed by atoms with E-state index in [1.807, 2.05) is 49.4 Å². The third kappa shape index (κ3) is 4.15. The number of carbonyl (C=O) groups is 2. The standard InChI is InChI=1S/C28H29N3O4S/c1-15-22(26(33)31-27-30-17-10-6-7-12-21(17)36-27)23(16-9-8-11-20(34-4)25(16)35-5)24-18(29-15)13-28(2,3)14-19(24)32/h6-12,23,29H,13-14H2,1-5H3,(H,30,31,33)/t23-/m1/s1. The number of hydrogen-bond acceptors (Lipinski definition) is 7. The van der Waals surface area contributed by atoms with E-state index >= 15 is 0 Å². The Labute approximate surface area is 214 Å². The molecule has 8 heteroatoms. The van der Waals surface area contributed by atoms with E-state index in [2.05, 4.69) is 29.5 Å². The molecule has 0 spiro atoms. The molecule has 2 heterocycles. The number of para-hydroxylation sites is 2. The lowest BCUT2D eigenvalue weighted by molar-refractivity contribution is -0.118. The van der Waals surface area contributed by atoms with E-state index in [4.69, 9.17) is 9.47 Å². The minimum absolute atomic E-state index is 0.0291. The fraction of sp³-hybridized carbons (Fsp3) is 0.321. The molecule has 1 aliphatic heterocycles. The van der Waals surface area contributed by atoms with Gasteiger partial charge in [0.1, 0.15) is 0 Å². The zero-order valence-electron chi connectivity index (χ0n) is 21.0. The van der Waals surface area contributed by atoms with Crippen LogP contribution in [0.1, 0.15) is 45.1 Å². The minimum atomic E-state index is -0.607. The van der Waals surface area contributed by atoms with Gasteiger partial charge in [0.15, 0.2) is 22.4 Å². The normalized spacial score (nSPS) is 19.1. The summed E-state index contributed by atoms with van der Waals surface area (Å²) in [5, 5.41) is 6.90. The van der Waals surface area contributed by atoms with Crippen LogP contribution in [-0.2, 0) is 9.59 Å². The fourth-order valence-electron chi connectivity index (χ4n) is 5.28. The molecule has 2 aliphatic rings. The number of thiazole rings is 1. The van der Waals surface area contributed by atoms with Crippen LogP contribution in [0, 0.1) is 5.41 Å². The van der Waals surface area contributed by atoms with Gasteiger partial charge >= 0.3 is 0 Å². The second-order valence-electron chi connectivity index (χ2n) is 9.95. The first-order valence-corrected chi connectivity index (χ1v) is 12.7. The van der Waals surface area contributed by atoms with E-state index in [0.29, 0.717) is 51.9 Å². The molecule has 1 aliphatic carbocycles. The number of ether oxygens (including phenoxy) is 2. The summed E-state index contributed by atoms with van der Waals surface area (Å²) < 4.78 is 12.3. The maximum absolute atomic E-state index is 13.9. The first-order valence-electron chi connectivity index (χ1n) is 11.8. The maximum atomic E-state index is 13.9. The number of nitrogens with one attached hydrogen (secondary N) is 2. The van der Waals surface area contributed by atoms with E-state index in [9.17, 15) is 9.59 Å². The number of ketones is 1. The van der Waals surface area contributed by atoms with E-state index < -0.39 is 5.92 Å². The molecule has 1 amide bonds. The van der Waals surface area contributed by atoms with E-state index in [-0.39, 0.29) is 17.1 Å². The summed E-state index contributed by atoms with van der Waals surface area (Å²) in [5.74, 6) is 0.168. The Kier molecular flexibility index (Phi) is 6.08. The van der Waals surface area contributed by atoms with Gasteiger partial charge in [-0.2, -0.15) is 0 Å². The number of dihydropyridines is 1. The molecule has 1 atom stereocenters. The van der Waals surface area contributed by atoms with Crippen LogP contribution < -0.4 is 20.1 Å². The smallest absolute Gasteiger partial charge is 0.256 e. The maximum Gasteiger partial charge on any atom is 0.256 e. The van der Waals surface area contributed by atoms with E-state index in [1.54, 1.807) is 14.2 Å². The van der Waals surface area contributed by atoms with Crippen LogP contribution in [0.25, 0.3) is 10.2 Å². The highest BCUT2D eigenvalue weighted by molar-refractivity contribution is 7.22. The number of amides is 1. The largest absolute Gasteiger partial charge is 0.493 e. The van der Waals surface area contributed by atoms with Crippen molar-refractivity contribution in [1.29, 1.82) is 0 Å². The molecule has 0 saturated carbocycles. The quantitative estimate of drug-likeness (QED) is 0.474. The lowest BCUT2D eigenvalue weighted by Crippen LogP contribution is -2.39. The van der Waals surface area contributed by atoms with Gasteiger partial charge < -0.3 is 14.8 Å². The van der Waals surface area contributed by atoms with Crippen molar-refractivity contribution in [3.05, 3.63) is 70.6 Å². The second-order valence-corrected chi connectivity index (χ2v) is 11.0. The van der Waals surface area contributed by atoms with Crippen molar-refractivity contribution in [2.75, 3.05) is 19.5 Å². The SMILES string of the molecule is COc1cccc([C@@H]2C(C(=O)Nc3nc4ccccc4s3)=C(C)NC3=C2C(=O)CC(C)(C)C3)c1OC. The van der Waals surface area contributed by atoms with Crippen LogP contribution in [0.2, 0.25) is 0 Å². The van der Waals surface area contributed by atoms with Crippen molar-refractivity contribution < 1.29 is 19.1 Å². The third-order valence-electron chi connectivity index (χ3n) is 6.74. The van der Waals surface area contributed by atoms with Crippen molar-refractivity contribution in [2.24, 2.45) is 5.41 Å². The predicted molar refractivity (Wildman–Crippen MR) is 141 cm³/mol. The predicted octanol–water partition coefficient (Wildman–Crippen LogP) is 5.56. The fourth-order valence-corrected chi connectivity index (χ4v) is 6.14. The van der Waals surface area contributed by atoms with Gasteiger partial charge in [0.2, 0.25) is 0 Å². The van der Waals surface area contributed by atoms with Crippen molar-refractivity contribution >= 4 is 38.4 Å². The molecule has 2 aromatic carbocycles. The number of Topliss-reactive ketones (excluding diaryl/α,β-unsaturated/α-hetero) is 1. The molecule has 2 N–H and O–H groups in total. The zero-order valence-corrected chi connectivity index (χ0v) is 21.8. The molecule has 0 fully saturated rings. The second kappa shape index (κ2) is 9.09. The Bertz CT molecular complexity index is 1420. The Morgan fingerprint density at radius 1 is 1.11 bits per heavy atom. The number of carbonyl (C=O) groups excluding carboxylic acids is 2. The number of benzene rings is 2. The highest BCUT2D eigenvalue weighted by Crippen LogP contribution is 2.50. The van der Waals surface area contributed by atoms with E-state index in [0.717, 1.165) is 15.9 Å². The average Bonchev–Trinajstić information content (AvgIpc) is 3.23. The lowest BCUT2D eigenvalue weighted by atomic mass is 9.68. The van der Waals surface area contributed by atoms with Crippen LogP contribution >= 0.6 is 11.3 Å². The first kappa shape index (κ1) is 24.1. The minimum Gasteiger partial charge on any atom is -0.493 e. The highest BCUT2D eigenvalue weighted by Gasteiger charge is 2.44. The topological polar surface area (TPSA) is 89.5 Å². The molecule has 186 valence electrons. The van der Waals surface area contributed by atoms with Crippen LogP contribution in [0.4, 0.5) is 5.13 Å². The van der Waals surface area contributed by atoms with Crippen molar-refractivity contribution in [3.63, 3.8) is 0 Å². The molecule has 1 aromatic heterocycles. The number of aromatic nitrogens is 1. The molecule has 0 saturated heterocycles. The number of hydrogen-bond donors (Lipinski definition) is 2. The Balaban J connectivity index is 1.64. The summed E-state index contributed by atoms with van der Waals surface area (Å²) in [7, 11) is 3.14. The molecular weight excluding hydrogens is 474 g/mol. The van der Waals surface area contributed by atoms with Crippen LogP contribution in [0.15, 0.2) is 65.0 Å². The Hall–Kier alpha value is -3.65. The van der Waals surface area contributed by atoms with Gasteiger partial charge in [0, 0.05) is 34.5 Å². The van der Waals surface area contributed by atoms with Crippen molar-refractivity contribution in [1.82, 2.24) is 10.3 Å². The van der Waals surface area contributed by atoms with Gasteiger partial charge in [0.05, 0.1) is 30.4 Å². The third-order valence-corrected chi connectivity index (χ3v) is 7.69. The molecular formula is C28H29N3O4S. The van der Waals surface area contributed by atoms with Gasteiger partial charge in [-0.3, -0.25) is 14.9 Å². The Morgan fingerprint density at radius 3 is 2.61 bits per heavy atom. The van der Waals surface area contributed by atoms with Crippen LogP contribution in [-0.4, -0.2) is 30.9 Å². The number of fused-ring (bicyclic) bond motifs is 1. The lowest BCUT2D eigenvalue weighted by Gasteiger charge is -2.40. The molecule has 36 heavy (non-hydrogen) atoms. The van der Waals surface area contributed by atoms with Gasteiger partial charge in [-0.05, 0) is 37.0 Å². The van der Waals surface area contributed by atoms with Gasteiger partial charge in [-0.1, -0.05) is 49.4 Å². The number of nitrogens with zero attached hydrogens (tertiary/aromatic N) is 1. The van der Waals surface area contributed by atoms with Crippen LogP contribution in [0.3, 0.4) is 0 Å². The van der Waals surface area contributed by atoms with E-state index in [1.165, 1.54) is 11.3 Å². The number of allylic oxidation sites excluding steroid dienone is 3. The molecule has 0 bridgehead atoms. The molecule has 5 rings (SSSR count).